The molecule has 134 valence electrons. The molecule has 1 saturated heterocycles. The predicted octanol–water partition coefficient (Wildman–Crippen LogP) is 1.56. The van der Waals surface area contributed by atoms with Crippen molar-refractivity contribution in [2.75, 3.05) is 0 Å². The van der Waals surface area contributed by atoms with Gasteiger partial charge in [-0.15, -0.1) is 0 Å². The molecule has 1 heterocycles. The van der Waals surface area contributed by atoms with Gasteiger partial charge in [-0.2, -0.15) is 0 Å². The Hall–Kier alpha value is -2.37. The molecule has 0 spiro atoms. The fourth-order valence-corrected chi connectivity index (χ4v) is 3.93. The molecule has 2 aliphatic rings. The van der Waals surface area contributed by atoms with Crippen molar-refractivity contribution in [3.63, 3.8) is 0 Å². The van der Waals surface area contributed by atoms with Crippen LogP contribution in [0, 0.1) is 0 Å². The summed E-state index contributed by atoms with van der Waals surface area (Å²) in [7, 11) is 0. The van der Waals surface area contributed by atoms with Gasteiger partial charge in [0.1, 0.15) is 0 Å². The molecule has 1 aromatic carbocycles. The van der Waals surface area contributed by atoms with Gasteiger partial charge in [0, 0.05) is 30.8 Å². The summed E-state index contributed by atoms with van der Waals surface area (Å²) in [6, 6.07) is 8.33. The van der Waals surface area contributed by atoms with Crippen LogP contribution in [-0.2, 0) is 27.2 Å². The Morgan fingerprint density at radius 3 is 2.36 bits per heavy atom. The van der Waals surface area contributed by atoms with Gasteiger partial charge < -0.3 is 15.7 Å². The summed E-state index contributed by atoms with van der Waals surface area (Å²) in [6.07, 6.45) is 3.85. The second-order valence-electron chi connectivity index (χ2n) is 7.16. The number of rotatable bonds is 7. The molecule has 3 rings (SSSR count). The summed E-state index contributed by atoms with van der Waals surface area (Å²) in [4.78, 5) is 34.8. The molecule has 0 aromatic heterocycles. The summed E-state index contributed by atoms with van der Waals surface area (Å²) >= 11 is 0. The van der Waals surface area contributed by atoms with Gasteiger partial charge in [0.25, 0.3) is 0 Å². The van der Waals surface area contributed by atoms with Crippen LogP contribution in [0.5, 0.6) is 0 Å². The molecule has 6 nitrogen and oxygen atoms in total. The molecule has 2 amide bonds. The minimum Gasteiger partial charge on any atom is -0.481 e. The van der Waals surface area contributed by atoms with Crippen molar-refractivity contribution in [2.45, 2.75) is 62.9 Å². The van der Waals surface area contributed by atoms with Gasteiger partial charge in [0.2, 0.25) is 11.8 Å². The molecule has 6 heteroatoms. The lowest BCUT2D eigenvalue weighted by Gasteiger charge is -2.28. The summed E-state index contributed by atoms with van der Waals surface area (Å²) in [6.45, 7) is 0. The molecule has 1 aromatic rings. The quantitative estimate of drug-likeness (QED) is 0.699. The number of benzene rings is 1. The fourth-order valence-electron chi connectivity index (χ4n) is 3.93. The van der Waals surface area contributed by atoms with E-state index in [1.165, 1.54) is 11.1 Å². The minimum absolute atomic E-state index is 0.000165. The number of fused-ring (bicyclic) bond motifs is 1. The molecule has 1 atom stereocenters. The van der Waals surface area contributed by atoms with Crippen molar-refractivity contribution < 1.29 is 19.5 Å². The summed E-state index contributed by atoms with van der Waals surface area (Å²) in [5.74, 6) is -0.973. The highest BCUT2D eigenvalue weighted by molar-refractivity contribution is 5.80. The second kappa shape index (κ2) is 7.25. The van der Waals surface area contributed by atoms with Crippen molar-refractivity contribution in [2.24, 2.45) is 0 Å². The third kappa shape index (κ3) is 4.38. The molecule has 0 bridgehead atoms. The Bertz CT molecular complexity index is 663. The van der Waals surface area contributed by atoms with Crippen molar-refractivity contribution >= 4 is 17.8 Å². The number of amides is 2. The average Bonchev–Trinajstić information content (AvgIpc) is 3.14. The Labute approximate surface area is 147 Å². The monoisotopic (exact) mass is 344 g/mol. The van der Waals surface area contributed by atoms with E-state index in [9.17, 15) is 14.4 Å². The SMILES string of the molecule is O=C(O)CCC1(CCC(=O)NC2Cc3ccccc3C2)CCC(=O)N1. The van der Waals surface area contributed by atoms with Gasteiger partial charge >= 0.3 is 5.97 Å². The van der Waals surface area contributed by atoms with Crippen molar-refractivity contribution in [1.29, 1.82) is 0 Å². The number of carboxylic acids is 1. The van der Waals surface area contributed by atoms with Crippen molar-refractivity contribution in [3.8, 4) is 0 Å². The van der Waals surface area contributed by atoms with Crippen LogP contribution < -0.4 is 10.6 Å². The van der Waals surface area contributed by atoms with Crippen LogP contribution in [0.25, 0.3) is 0 Å². The smallest absolute Gasteiger partial charge is 0.303 e. The lowest BCUT2D eigenvalue weighted by molar-refractivity contribution is -0.137. The maximum atomic E-state index is 12.3. The van der Waals surface area contributed by atoms with Gasteiger partial charge in [-0.1, -0.05) is 24.3 Å². The van der Waals surface area contributed by atoms with E-state index in [1.807, 2.05) is 12.1 Å². The van der Waals surface area contributed by atoms with E-state index in [4.69, 9.17) is 5.11 Å². The van der Waals surface area contributed by atoms with Crippen LogP contribution in [0.3, 0.4) is 0 Å². The molecule has 3 N–H and O–H groups in total. The zero-order valence-corrected chi connectivity index (χ0v) is 14.2. The normalized spacial score (nSPS) is 22.5. The van der Waals surface area contributed by atoms with Crippen LogP contribution >= 0.6 is 0 Å². The highest BCUT2D eigenvalue weighted by atomic mass is 16.4. The minimum atomic E-state index is -0.881. The Morgan fingerprint density at radius 2 is 1.80 bits per heavy atom. The zero-order chi connectivity index (χ0) is 17.9. The van der Waals surface area contributed by atoms with Crippen LogP contribution in [-0.4, -0.2) is 34.5 Å². The first kappa shape index (κ1) is 17.5. The van der Waals surface area contributed by atoms with E-state index < -0.39 is 11.5 Å². The molecule has 0 radical (unpaired) electrons. The molecular formula is C19H24N2O4. The van der Waals surface area contributed by atoms with E-state index in [-0.39, 0.29) is 24.3 Å². The zero-order valence-electron chi connectivity index (χ0n) is 14.2. The van der Waals surface area contributed by atoms with Gasteiger partial charge in [-0.05, 0) is 43.2 Å². The summed E-state index contributed by atoms with van der Waals surface area (Å²) in [5.41, 5.74) is 2.02. The van der Waals surface area contributed by atoms with Gasteiger partial charge in [-0.3, -0.25) is 14.4 Å². The van der Waals surface area contributed by atoms with E-state index in [2.05, 4.69) is 22.8 Å². The third-order valence-corrected chi connectivity index (χ3v) is 5.30. The number of carboxylic acid groups (broad SMARTS) is 1. The van der Waals surface area contributed by atoms with Crippen LogP contribution in [0.1, 0.15) is 49.7 Å². The second-order valence-corrected chi connectivity index (χ2v) is 7.16. The first-order valence-corrected chi connectivity index (χ1v) is 8.85. The van der Waals surface area contributed by atoms with E-state index in [0.29, 0.717) is 32.1 Å². The standard InChI is InChI=1S/C19H24N2O4/c22-16(20-15-11-13-3-1-2-4-14(13)12-15)5-8-19(10-7-18(24)25)9-6-17(23)21-19/h1-4,15H,5-12H2,(H,20,22)(H,21,23)(H,24,25). The van der Waals surface area contributed by atoms with Crippen LogP contribution in [0.15, 0.2) is 24.3 Å². The van der Waals surface area contributed by atoms with Gasteiger partial charge in [0.15, 0.2) is 0 Å². The Kier molecular flexibility index (Phi) is 5.06. The molecular weight excluding hydrogens is 320 g/mol. The highest BCUT2D eigenvalue weighted by Gasteiger charge is 2.38. The van der Waals surface area contributed by atoms with Crippen LogP contribution in [0.2, 0.25) is 0 Å². The first-order valence-electron chi connectivity index (χ1n) is 8.85. The molecule has 1 unspecified atom stereocenters. The van der Waals surface area contributed by atoms with E-state index in [0.717, 1.165) is 12.8 Å². The van der Waals surface area contributed by atoms with Crippen molar-refractivity contribution in [1.82, 2.24) is 10.6 Å². The molecule has 1 fully saturated rings. The number of aliphatic carboxylic acids is 1. The maximum Gasteiger partial charge on any atom is 0.303 e. The molecule has 1 aliphatic heterocycles. The third-order valence-electron chi connectivity index (χ3n) is 5.30. The maximum absolute atomic E-state index is 12.3. The lowest BCUT2D eigenvalue weighted by atomic mass is 9.86. The molecule has 1 aliphatic carbocycles. The summed E-state index contributed by atoms with van der Waals surface area (Å²) < 4.78 is 0. The molecule has 25 heavy (non-hydrogen) atoms. The van der Waals surface area contributed by atoms with E-state index >= 15 is 0 Å². The summed E-state index contributed by atoms with van der Waals surface area (Å²) in [5, 5.41) is 14.9. The number of hydrogen-bond acceptors (Lipinski definition) is 3. The fraction of sp³-hybridized carbons (Fsp3) is 0.526. The van der Waals surface area contributed by atoms with Crippen LogP contribution in [0.4, 0.5) is 0 Å². The average molecular weight is 344 g/mol. The number of carbonyl (C=O) groups excluding carboxylic acids is 2. The number of nitrogens with one attached hydrogen (secondary N) is 2. The largest absolute Gasteiger partial charge is 0.481 e. The van der Waals surface area contributed by atoms with E-state index in [1.54, 1.807) is 0 Å². The number of carbonyl (C=O) groups is 3. The molecule has 0 saturated carbocycles. The van der Waals surface area contributed by atoms with Gasteiger partial charge in [-0.25, -0.2) is 0 Å². The Morgan fingerprint density at radius 1 is 1.16 bits per heavy atom. The van der Waals surface area contributed by atoms with Crippen molar-refractivity contribution in [3.05, 3.63) is 35.4 Å². The Balaban J connectivity index is 1.50. The van der Waals surface area contributed by atoms with Gasteiger partial charge in [0.05, 0.1) is 0 Å². The lowest BCUT2D eigenvalue weighted by Crippen LogP contribution is -2.44. The predicted molar refractivity (Wildman–Crippen MR) is 92.0 cm³/mol. The first-order chi connectivity index (χ1) is 12.0. The highest BCUT2D eigenvalue weighted by Crippen LogP contribution is 2.30. The number of hydrogen-bond donors (Lipinski definition) is 3. The topological polar surface area (TPSA) is 95.5 Å².